The van der Waals surface area contributed by atoms with Gasteiger partial charge in [0.1, 0.15) is 17.7 Å². The van der Waals surface area contributed by atoms with Crippen LogP contribution >= 0.6 is 11.6 Å². The van der Waals surface area contributed by atoms with Crippen LogP contribution in [0.25, 0.3) is 0 Å². The first-order valence-corrected chi connectivity index (χ1v) is 5.83. The van der Waals surface area contributed by atoms with Crippen LogP contribution in [0.1, 0.15) is 18.1 Å². The SMILES string of the molecule is CC1Cc2cc(CNC(=O)CCl)ccc2O1. The van der Waals surface area contributed by atoms with Crippen LogP contribution in [-0.2, 0) is 17.8 Å². The van der Waals surface area contributed by atoms with Crippen LogP contribution < -0.4 is 10.1 Å². The second-order valence-corrected chi connectivity index (χ2v) is 4.25. The number of ether oxygens (including phenoxy) is 1. The van der Waals surface area contributed by atoms with Crippen LogP contribution in [-0.4, -0.2) is 17.9 Å². The minimum atomic E-state index is -0.146. The normalized spacial score (nSPS) is 17.8. The van der Waals surface area contributed by atoms with Gasteiger partial charge in [-0.25, -0.2) is 0 Å². The molecule has 86 valence electrons. The first-order valence-electron chi connectivity index (χ1n) is 5.30. The molecule has 1 unspecified atom stereocenters. The minimum Gasteiger partial charge on any atom is -0.490 e. The standard InChI is InChI=1S/C12H14ClNO2/c1-8-4-10-5-9(2-3-11(10)16-8)7-14-12(15)6-13/h2-3,5,8H,4,6-7H2,1H3,(H,14,15). The fraction of sp³-hybridized carbons (Fsp3) is 0.417. The molecular weight excluding hydrogens is 226 g/mol. The molecule has 1 amide bonds. The van der Waals surface area contributed by atoms with E-state index in [1.54, 1.807) is 0 Å². The quantitative estimate of drug-likeness (QED) is 0.818. The Hall–Kier alpha value is -1.22. The van der Waals surface area contributed by atoms with Gasteiger partial charge in [-0.2, -0.15) is 0 Å². The molecule has 2 rings (SSSR count). The van der Waals surface area contributed by atoms with E-state index in [2.05, 4.69) is 18.3 Å². The number of halogens is 1. The predicted octanol–water partition coefficient (Wildman–Crippen LogP) is 1.86. The number of fused-ring (bicyclic) bond motifs is 1. The van der Waals surface area contributed by atoms with Crippen molar-refractivity contribution in [2.45, 2.75) is 26.0 Å². The van der Waals surface area contributed by atoms with Gasteiger partial charge in [-0.05, 0) is 24.1 Å². The third-order valence-corrected chi connectivity index (χ3v) is 2.81. The number of carbonyl (C=O) groups is 1. The number of alkyl halides is 1. The average Bonchev–Trinajstić information content (AvgIpc) is 2.65. The van der Waals surface area contributed by atoms with Gasteiger partial charge in [-0.15, -0.1) is 11.6 Å². The maximum Gasteiger partial charge on any atom is 0.235 e. The van der Waals surface area contributed by atoms with E-state index < -0.39 is 0 Å². The summed E-state index contributed by atoms with van der Waals surface area (Å²) in [5.41, 5.74) is 2.29. The zero-order chi connectivity index (χ0) is 11.5. The number of carbonyl (C=O) groups excluding carboxylic acids is 1. The van der Waals surface area contributed by atoms with Gasteiger partial charge in [0.2, 0.25) is 5.91 Å². The third kappa shape index (κ3) is 2.47. The second kappa shape index (κ2) is 4.74. The van der Waals surface area contributed by atoms with Gasteiger partial charge in [0.05, 0.1) is 0 Å². The third-order valence-electron chi connectivity index (χ3n) is 2.57. The Morgan fingerprint density at radius 3 is 3.19 bits per heavy atom. The smallest absolute Gasteiger partial charge is 0.235 e. The molecule has 1 heterocycles. The number of nitrogens with one attached hydrogen (secondary N) is 1. The monoisotopic (exact) mass is 239 g/mol. The Bertz CT molecular complexity index is 406. The number of hydrogen-bond acceptors (Lipinski definition) is 2. The van der Waals surface area contributed by atoms with Gasteiger partial charge >= 0.3 is 0 Å². The van der Waals surface area contributed by atoms with E-state index in [4.69, 9.17) is 16.3 Å². The van der Waals surface area contributed by atoms with E-state index >= 15 is 0 Å². The highest BCUT2D eigenvalue weighted by atomic mass is 35.5. The molecule has 0 fully saturated rings. The van der Waals surface area contributed by atoms with E-state index in [1.807, 2.05) is 12.1 Å². The molecule has 0 bridgehead atoms. The fourth-order valence-electron chi connectivity index (χ4n) is 1.83. The number of amides is 1. The van der Waals surface area contributed by atoms with E-state index in [1.165, 1.54) is 5.56 Å². The Morgan fingerprint density at radius 2 is 2.44 bits per heavy atom. The maximum absolute atomic E-state index is 11.0. The summed E-state index contributed by atoms with van der Waals surface area (Å²) >= 11 is 5.40. The van der Waals surface area contributed by atoms with Crippen molar-refractivity contribution in [3.8, 4) is 5.75 Å². The zero-order valence-electron chi connectivity index (χ0n) is 9.13. The highest BCUT2D eigenvalue weighted by Gasteiger charge is 2.18. The van der Waals surface area contributed by atoms with Crippen LogP contribution in [0, 0.1) is 0 Å². The highest BCUT2D eigenvalue weighted by molar-refractivity contribution is 6.27. The molecule has 0 spiro atoms. The highest BCUT2D eigenvalue weighted by Crippen LogP contribution is 2.29. The zero-order valence-corrected chi connectivity index (χ0v) is 9.88. The molecule has 0 aromatic heterocycles. The molecule has 16 heavy (non-hydrogen) atoms. The second-order valence-electron chi connectivity index (χ2n) is 3.99. The molecule has 0 saturated heterocycles. The molecule has 0 radical (unpaired) electrons. The van der Waals surface area contributed by atoms with Crippen molar-refractivity contribution in [3.63, 3.8) is 0 Å². The van der Waals surface area contributed by atoms with Gasteiger partial charge in [0.25, 0.3) is 0 Å². The summed E-state index contributed by atoms with van der Waals surface area (Å²) in [4.78, 5) is 11.0. The first-order chi connectivity index (χ1) is 7.69. The van der Waals surface area contributed by atoms with Crippen molar-refractivity contribution in [1.29, 1.82) is 0 Å². The summed E-state index contributed by atoms with van der Waals surface area (Å²) in [6.45, 7) is 2.57. The summed E-state index contributed by atoms with van der Waals surface area (Å²) in [5, 5.41) is 2.74. The number of benzene rings is 1. The molecule has 1 aromatic rings. The summed E-state index contributed by atoms with van der Waals surface area (Å²) in [6.07, 6.45) is 1.19. The fourth-order valence-corrected chi connectivity index (χ4v) is 1.93. The lowest BCUT2D eigenvalue weighted by Crippen LogP contribution is -2.23. The minimum absolute atomic E-state index is 0.00505. The van der Waals surface area contributed by atoms with Crippen LogP contribution in [0.3, 0.4) is 0 Å². The van der Waals surface area contributed by atoms with Crippen molar-refractivity contribution in [2.75, 3.05) is 5.88 Å². The van der Waals surface area contributed by atoms with E-state index in [-0.39, 0.29) is 17.9 Å². The lowest BCUT2D eigenvalue weighted by molar-refractivity contribution is -0.118. The van der Waals surface area contributed by atoms with Gasteiger partial charge in [-0.1, -0.05) is 12.1 Å². The van der Waals surface area contributed by atoms with Gasteiger partial charge in [0, 0.05) is 13.0 Å². The van der Waals surface area contributed by atoms with Gasteiger partial charge < -0.3 is 10.1 Å². The molecule has 0 aliphatic carbocycles. The summed E-state index contributed by atoms with van der Waals surface area (Å²) in [5.74, 6) is 0.817. The summed E-state index contributed by atoms with van der Waals surface area (Å²) in [7, 11) is 0. The summed E-state index contributed by atoms with van der Waals surface area (Å²) < 4.78 is 5.60. The van der Waals surface area contributed by atoms with Crippen LogP contribution in [0.5, 0.6) is 5.75 Å². The van der Waals surface area contributed by atoms with E-state index in [0.29, 0.717) is 6.54 Å². The van der Waals surface area contributed by atoms with E-state index in [9.17, 15) is 4.79 Å². The first kappa shape index (κ1) is 11.3. The van der Waals surface area contributed by atoms with Crippen molar-refractivity contribution >= 4 is 17.5 Å². The molecule has 0 saturated carbocycles. The predicted molar refractivity (Wildman–Crippen MR) is 62.8 cm³/mol. The van der Waals surface area contributed by atoms with Crippen molar-refractivity contribution < 1.29 is 9.53 Å². The van der Waals surface area contributed by atoms with E-state index in [0.717, 1.165) is 17.7 Å². The summed E-state index contributed by atoms with van der Waals surface area (Å²) in [6, 6.07) is 6.00. The topological polar surface area (TPSA) is 38.3 Å². The molecular formula is C12H14ClNO2. The van der Waals surface area contributed by atoms with Gasteiger partial charge in [-0.3, -0.25) is 4.79 Å². The lowest BCUT2D eigenvalue weighted by Gasteiger charge is -2.05. The average molecular weight is 240 g/mol. The van der Waals surface area contributed by atoms with Crippen molar-refractivity contribution in [2.24, 2.45) is 0 Å². The number of hydrogen-bond donors (Lipinski definition) is 1. The molecule has 1 aliphatic heterocycles. The molecule has 4 heteroatoms. The molecule has 1 N–H and O–H groups in total. The Labute approximate surface area is 99.7 Å². The van der Waals surface area contributed by atoms with Crippen LogP contribution in [0.4, 0.5) is 0 Å². The molecule has 3 nitrogen and oxygen atoms in total. The number of rotatable bonds is 3. The molecule has 1 atom stereocenters. The Kier molecular flexibility index (Phi) is 3.34. The molecule has 1 aliphatic rings. The Balaban J connectivity index is 2.02. The van der Waals surface area contributed by atoms with Crippen molar-refractivity contribution in [3.05, 3.63) is 29.3 Å². The van der Waals surface area contributed by atoms with Crippen molar-refractivity contribution in [1.82, 2.24) is 5.32 Å². The molecule has 1 aromatic carbocycles. The maximum atomic E-state index is 11.0. The lowest BCUT2D eigenvalue weighted by atomic mass is 10.1. The Morgan fingerprint density at radius 1 is 1.62 bits per heavy atom. The van der Waals surface area contributed by atoms with Crippen LogP contribution in [0.15, 0.2) is 18.2 Å². The van der Waals surface area contributed by atoms with Gasteiger partial charge in [0.15, 0.2) is 0 Å². The largest absolute Gasteiger partial charge is 0.490 e. The van der Waals surface area contributed by atoms with Crippen LogP contribution in [0.2, 0.25) is 0 Å².